The molecule has 40 heavy (non-hydrogen) atoms. The number of rotatable bonds is 6. The molecule has 1 aromatic heterocycles. The lowest BCUT2D eigenvalue weighted by molar-refractivity contribution is -0.120. The number of imide groups is 1. The van der Waals surface area contributed by atoms with Gasteiger partial charge in [-0.2, -0.15) is 13.2 Å². The fraction of sp³-hybridized carbons (Fsp3) is 0.200. The average molecular weight is 594 g/mol. The fourth-order valence-corrected chi connectivity index (χ4v) is 5.22. The van der Waals surface area contributed by atoms with Crippen LogP contribution in [0.15, 0.2) is 71.9 Å². The number of nitrogens with zero attached hydrogens (tertiary/aromatic N) is 3. The summed E-state index contributed by atoms with van der Waals surface area (Å²) in [5, 5.41) is 5.81. The van der Waals surface area contributed by atoms with Gasteiger partial charge in [-0.1, -0.05) is 11.6 Å². The Balaban J connectivity index is 1.36. The zero-order valence-electron chi connectivity index (χ0n) is 20.3. The molecule has 208 valence electrons. The first-order valence-corrected chi connectivity index (χ1v) is 13.5. The zero-order chi connectivity index (χ0) is 28.9. The van der Waals surface area contributed by atoms with Gasteiger partial charge in [-0.15, -0.1) is 0 Å². The van der Waals surface area contributed by atoms with E-state index >= 15 is 0 Å². The van der Waals surface area contributed by atoms with Gasteiger partial charge in [0.2, 0.25) is 0 Å². The average Bonchev–Trinajstić information content (AvgIpc) is 3.67. The molecule has 0 atom stereocenters. The molecule has 5 rings (SSSR count). The van der Waals surface area contributed by atoms with Crippen molar-refractivity contribution in [3.05, 3.63) is 77.6 Å². The highest BCUT2D eigenvalue weighted by molar-refractivity contribution is 7.92. The Morgan fingerprint density at radius 3 is 2.25 bits per heavy atom. The summed E-state index contributed by atoms with van der Waals surface area (Å²) in [5.41, 5.74) is -5.48. The normalized spacial score (nSPS) is 16.4. The topological polar surface area (TPSA) is 129 Å². The molecule has 1 saturated heterocycles. The molecule has 2 aliphatic rings. The molecule has 0 radical (unpaired) electrons. The Morgan fingerprint density at radius 1 is 1.00 bits per heavy atom. The maximum atomic E-state index is 13.4. The second-order valence-corrected chi connectivity index (χ2v) is 11.5. The van der Waals surface area contributed by atoms with Gasteiger partial charge in [-0.05, 0) is 73.0 Å². The molecule has 1 aliphatic carbocycles. The van der Waals surface area contributed by atoms with Gasteiger partial charge in [-0.25, -0.2) is 22.9 Å². The summed E-state index contributed by atoms with van der Waals surface area (Å²) in [5.74, 6) is -0.576. The van der Waals surface area contributed by atoms with Crippen molar-refractivity contribution in [2.45, 2.75) is 35.3 Å². The molecule has 15 heteroatoms. The third-order valence-electron chi connectivity index (χ3n) is 6.56. The van der Waals surface area contributed by atoms with E-state index in [0.717, 1.165) is 17.0 Å². The van der Waals surface area contributed by atoms with E-state index in [2.05, 4.69) is 15.6 Å². The number of pyridine rings is 1. The second kappa shape index (κ2) is 9.78. The van der Waals surface area contributed by atoms with Crippen LogP contribution in [0.25, 0.3) is 0 Å². The van der Waals surface area contributed by atoms with Gasteiger partial charge in [0.05, 0.1) is 29.0 Å². The molecule has 2 fully saturated rings. The summed E-state index contributed by atoms with van der Waals surface area (Å²) in [7, 11) is -5.59. The predicted molar refractivity (Wildman–Crippen MR) is 138 cm³/mol. The number of nitrogens with one attached hydrogen (secondary N) is 2. The van der Waals surface area contributed by atoms with Crippen molar-refractivity contribution >= 4 is 56.5 Å². The van der Waals surface area contributed by atoms with Crippen LogP contribution in [-0.2, 0) is 21.2 Å². The molecule has 0 unspecified atom stereocenters. The third kappa shape index (κ3) is 4.84. The number of sulfone groups is 1. The molecule has 5 amide bonds. The zero-order valence-corrected chi connectivity index (χ0v) is 21.8. The van der Waals surface area contributed by atoms with Crippen LogP contribution in [0, 0.1) is 0 Å². The van der Waals surface area contributed by atoms with Gasteiger partial charge < -0.3 is 15.5 Å². The highest BCUT2D eigenvalue weighted by Gasteiger charge is 2.65. The van der Waals surface area contributed by atoms with Crippen LogP contribution >= 0.6 is 11.6 Å². The molecule has 1 spiro atoms. The highest BCUT2D eigenvalue weighted by atomic mass is 35.5. The van der Waals surface area contributed by atoms with Crippen molar-refractivity contribution in [3.63, 3.8) is 0 Å². The number of amides is 5. The van der Waals surface area contributed by atoms with Crippen LogP contribution in [-0.4, -0.2) is 47.3 Å². The van der Waals surface area contributed by atoms with Crippen LogP contribution in [0.1, 0.15) is 18.4 Å². The van der Waals surface area contributed by atoms with E-state index in [4.69, 9.17) is 11.6 Å². The summed E-state index contributed by atoms with van der Waals surface area (Å²) in [6.45, 7) is -0.0827. The SMILES string of the molecule is O=C(Nc1ccc(Cl)cc1)Nc1cnccc1CN1C(=O)N(c2ccc(S(=O)(=O)C(F)(F)F)cc2)C(=O)C12CC2. The van der Waals surface area contributed by atoms with Crippen molar-refractivity contribution < 1.29 is 36.0 Å². The quantitative estimate of drug-likeness (QED) is 0.379. The summed E-state index contributed by atoms with van der Waals surface area (Å²) < 4.78 is 62.1. The molecule has 2 aromatic carbocycles. The molecule has 3 aromatic rings. The Bertz CT molecular complexity index is 1610. The van der Waals surface area contributed by atoms with Gasteiger partial charge >= 0.3 is 17.6 Å². The number of halogens is 4. The van der Waals surface area contributed by atoms with Crippen LogP contribution in [0.4, 0.5) is 39.8 Å². The molecule has 1 aliphatic heterocycles. The van der Waals surface area contributed by atoms with Crippen molar-refractivity contribution in [3.8, 4) is 0 Å². The van der Waals surface area contributed by atoms with E-state index < -0.39 is 43.7 Å². The predicted octanol–water partition coefficient (Wildman–Crippen LogP) is 5.17. The highest BCUT2D eigenvalue weighted by Crippen LogP contribution is 2.50. The Hall–Kier alpha value is -4.17. The lowest BCUT2D eigenvalue weighted by Gasteiger charge is -2.23. The fourth-order valence-electron chi connectivity index (χ4n) is 4.33. The molecular formula is C25H19ClF3N5O5S. The largest absolute Gasteiger partial charge is 0.501 e. The lowest BCUT2D eigenvalue weighted by atomic mass is 10.1. The third-order valence-corrected chi connectivity index (χ3v) is 8.32. The Kier molecular flexibility index (Phi) is 6.70. The number of benzene rings is 2. The van der Waals surface area contributed by atoms with Crippen LogP contribution in [0.2, 0.25) is 5.02 Å². The number of hydrogen-bond acceptors (Lipinski definition) is 6. The smallest absolute Gasteiger partial charge is 0.308 e. The molecule has 0 bridgehead atoms. The first-order valence-electron chi connectivity index (χ1n) is 11.7. The van der Waals surface area contributed by atoms with E-state index in [1.165, 1.54) is 17.3 Å². The summed E-state index contributed by atoms with van der Waals surface area (Å²) in [6.07, 6.45) is 3.56. The minimum absolute atomic E-state index is 0.0691. The molecule has 2 heterocycles. The Morgan fingerprint density at radius 2 is 1.65 bits per heavy atom. The van der Waals surface area contributed by atoms with Gasteiger partial charge in [0, 0.05) is 16.9 Å². The standard InChI is InChI=1S/C25H19ClF3N5O5S/c26-16-1-3-17(4-2-16)31-22(36)32-20-13-30-12-9-15(20)14-33-23(37)34(21(35)24(33)10-11-24)18-5-7-19(8-6-18)40(38,39)25(27,28)29/h1-9,12-13H,10-11,14H2,(H2,31,32,36). The number of carbonyl (C=O) groups is 3. The van der Waals surface area contributed by atoms with Crippen molar-refractivity contribution in [1.29, 1.82) is 0 Å². The van der Waals surface area contributed by atoms with Crippen LogP contribution < -0.4 is 15.5 Å². The number of urea groups is 2. The molecular weight excluding hydrogens is 575 g/mol. The first-order chi connectivity index (χ1) is 18.8. The van der Waals surface area contributed by atoms with E-state index in [1.807, 2.05) is 0 Å². The van der Waals surface area contributed by atoms with E-state index in [-0.39, 0.29) is 17.9 Å². The number of hydrogen-bond donors (Lipinski definition) is 2. The number of carbonyl (C=O) groups excluding carboxylic acids is 3. The number of aromatic nitrogens is 1. The number of anilines is 3. The molecule has 2 N–H and O–H groups in total. The van der Waals surface area contributed by atoms with E-state index in [0.29, 0.717) is 41.2 Å². The van der Waals surface area contributed by atoms with Gasteiger partial charge in [0.15, 0.2) is 0 Å². The van der Waals surface area contributed by atoms with E-state index in [9.17, 15) is 36.0 Å². The van der Waals surface area contributed by atoms with Gasteiger partial charge in [0.25, 0.3) is 15.7 Å². The summed E-state index contributed by atoms with van der Waals surface area (Å²) in [4.78, 5) is 44.4. The van der Waals surface area contributed by atoms with Crippen LogP contribution in [0.3, 0.4) is 0 Å². The minimum atomic E-state index is -5.59. The first kappa shape index (κ1) is 27.4. The maximum Gasteiger partial charge on any atom is 0.501 e. The van der Waals surface area contributed by atoms with E-state index in [1.54, 1.807) is 30.3 Å². The minimum Gasteiger partial charge on any atom is -0.308 e. The maximum absolute atomic E-state index is 13.4. The van der Waals surface area contributed by atoms with Crippen molar-refractivity contribution in [2.24, 2.45) is 0 Å². The Labute approximate surface area is 230 Å². The molecule has 1 saturated carbocycles. The van der Waals surface area contributed by atoms with Crippen molar-refractivity contribution in [2.75, 3.05) is 15.5 Å². The molecule has 10 nitrogen and oxygen atoms in total. The van der Waals surface area contributed by atoms with Crippen molar-refractivity contribution in [1.82, 2.24) is 9.88 Å². The summed E-state index contributed by atoms with van der Waals surface area (Å²) >= 11 is 5.86. The second-order valence-electron chi connectivity index (χ2n) is 9.10. The number of alkyl halides is 3. The lowest BCUT2D eigenvalue weighted by Crippen LogP contribution is -2.36. The van der Waals surface area contributed by atoms with Crippen LogP contribution in [0.5, 0.6) is 0 Å². The van der Waals surface area contributed by atoms with Gasteiger partial charge in [-0.3, -0.25) is 9.78 Å². The summed E-state index contributed by atoms with van der Waals surface area (Å²) in [6, 6.07) is 10.0. The monoisotopic (exact) mass is 593 g/mol. The van der Waals surface area contributed by atoms with Gasteiger partial charge in [0.1, 0.15) is 5.54 Å².